The van der Waals surface area contributed by atoms with Crippen molar-refractivity contribution in [2.45, 2.75) is 12.6 Å². The molecule has 0 aromatic carbocycles. The third kappa shape index (κ3) is 6.53. The van der Waals surface area contributed by atoms with Gasteiger partial charge in [-0.1, -0.05) is 11.6 Å². The van der Waals surface area contributed by atoms with Crippen LogP contribution in [0, 0.1) is 0 Å². The van der Waals surface area contributed by atoms with Gasteiger partial charge < -0.3 is 9.47 Å². The van der Waals surface area contributed by atoms with Crippen molar-refractivity contribution >= 4 is 23.5 Å². The predicted molar refractivity (Wildman–Crippen MR) is 63.7 cm³/mol. The smallest absolute Gasteiger partial charge is 0.411 e. The van der Waals surface area contributed by atoms with Gasteiger partial charge in [0.25, 0.3) is 0 Å². The normalized spacial score (nSPS) is 11.2. The Kier molecular flexibility index (Phi) is 5.96. The molecule has 10 heteroatoms. The molecule has 112 valence electrons. The van der Waals surface area contributed by atoms with Crippen LogP contribution in [0.25, 0.3) is 0 Å². The summed E-state index contributed by atoms with van der Waals surface area (Å²) in [5.74, 6) is -0.555. The Morgan fingerprint density at radius 3 is 2.75 bits per heavy atom. The number of carbonyl (C=O) groups excluding carboxylic acids is 1. The standard InChI is InChI=1S/C10H11ClF3N3O3/c1-19-8-4-6(11)15-9(17-8)16-7(18)2-3-20-5-10(12,13)14/h4H,2-3,5H2,1H3,(H,15,16,17,18). The number of methoxy groups -OCH3 is 1. The molecular formula is C10H11ClF3N3O3. The van der Waals surface area contributed by atoms with Gasteiger partial charge in [-0.3, -0.25) is 10.1 Å². The molecule has 0 unspecified atom stereocenters. The number of amides is 1. The van der Waals surface area contributed by atoms with E-state index in [9.17, 15) is 18.0 Å². The lowest BCUT2D eigenvalue weighted by atomic mass is 10.4. The SMILES string of the molecule is COc1cc(Cl)nc(NC(=O)CCOCC(F)(F)F)n1. The van der Waals surface area contributed by atoms with E-state index in [0.29, 0.717) is 0 Å². The Bertz CT molecular complexity index is 471. The second kappa shape index (κ2) is 7.25. The van der Waals surface area contributed by atoms with E-state index in [0.717, 1.165) is 0 Å². The van der Waals surface area contributed by atoms with Gasteiger partial charge in [0.05, 0.1) is 20.1 Å². The summed E-state index contributed by atoms with van der Waals surface area (Å²) in [7, 11) is 1.36. The van der Waals surface area contributed by atoms with Crippen LogP contribution in [0.1, 0.15) is 6.42 Å². The van der Waals surface area contributed by atoms with E-state index in [1.807, 2.05) is 0 Å². The zero-order chi connectivity index (χ0) is 15.2. The van der Waals surface area contributed by atoms with Gasteiger partial charge in [-0.25, -0.2) is 4.98 Å². The molecule has 0 bridgehead atoms. The number of rotatable bonds is 6. The Labute approximate surface area is 117 Å². The first-order chi connectivity index (χ1) is 9.30. The van der Waals surface area contributed by atoms with Crippen LogP contribution in [0.4, 0.5) is 19.1 Å². The fourth-order valence-corrected chi connectivity index (χ4v) is 1.27. The van der Waals surface area contributed by atoms with Crippen LogP contribution in [0.2, 0.25) is 5.15 Å². The number of nitrogens with zero attached hydrogens (tertiary/aromatic N) is 2. The molecule has 0 saturated carbocycles. The van der Waals surface area contributed by atoms with E-state index < -0.39 is 18.7 Å². The monoisotopic (exact) mass is 313 g/mol. The lowest BCUT2D eigenvalue weighted by Crippen LogP contribution is -2.20. The number of anilines is 1. The van der Waals surface area contributed by atoms with Crippen LogP contribution < -0.4 is 10.1 Å². The second-order valence-corrected chi connectivity index (χ2v) is 3.91. The zero-order valence-electron chi connectivity index (χ0n) is 10.3. The Hall–Kier alpha value is -1.61. The third-order valence-corrected chi connectivity index (χ3v) is 2.06. The predicted octanol–water partition coefficient (Wildman–Crippen LogP) is 2.05. The van der Waals surface area contributed by atoms with E-state index in [2.05, 4.69) is 20.0 Å². The average Bonchev–Trinajstić information content (AvgIpc) is 2.32. The molecule has 0 atom stereocenters. The quantitative estimate of drug-likeness (QED) is 0.642. The van der Waals surface area contributed by atoms with E-state index in [-0.39, 0.29) is 30.0 Å². The van der Waals surface area contributed by atoms with Crippen molar-refractivity contribution in [3.63, 3.8) is 0 Å². The van der Waals surface area contributed by atoms with Gasteiger partial charge >= 0.3 is 6.18 Å². The molecule has 1 rings (SSSR count). The van der Waals surface area contributed by atoms with Gasteiger partial charge in [0, 0.05) is 6.07 Å². The third-order valence-electron chi connectivity index (χ3n) is 1.87. The van der Waals surface area contributed by atoms with Crippen molar-refractivity contribution in [1.29, 1.82) is 0 Å². The first-order valence-electron chi connectivity index (χ1n) is 5.33. The number of hydrogen-bond acceptors (Lipinski definition) is 5. The number of alkyl halides is 3. The summed E-state index contributed by atoms with van der Waals surface area (Å²) in [6.45, 7) is -1.77. The van der Waals surface area contributed by atoms with Crippen LogP contribution in [0.3, 0.4) is 0 Å². The summed E-state index contributed by atoms with van der Waals surface area (Å²) >= 11 is 5.66. The maximum absolute atomic E-state index is 11.8. The molecule has 0 radical (unpaired) electrons. The minimum Gasteiger partial charge on any atom is -0.481 e. The molecule has 1 aromatic heterocycles. The summed E-state index contributed by atoms with van der Waals surface area (Å²) in [4.78, 5) is 18.9. The summed E-state index contributed by atoms with van der Waals surface area (Å²) in [6, 6.07) is 1.34. The number of aromatic nitrogens is 2. The molecule has 0 aliphatic rings. The highest BCUT2D eigenvalue weighted by Crippen LogP contribution is 2.16. The van der Waals surface area contributed by atoms with Crippen LogP contribution in [-0.2, 0) is 9.53 Å². The van der Waals surface area contributed by atoms with Crippen molar-refractivity contribution in [2.75, 3.05) is 25.6 Å². The molecule has 0 saturated heterocycles. The minimum absolute atomic E-state index is 0.0560. The van der Waals surface area contributed by atoms with Crippen molar-refractivity contribution in [2.24, 2.45) is 0 Å². The van der Waals surface area contributed by atoms with E-state index in [1.54, 1.807) is 0 Å². The molecule has 0 spiro atoms. The molecule has 6 nitrogen and oxygen atoms in total. The number of nitrogens with one attached hydrogen (secondary N) is 1. The highest BCUT2D eigenvalue weighted by Gasteiger charge is 2.27. The summed E-state index contributed by atoms with van der Waals surface area (Å²) in [5, 5.41) is 2.32. The molecule has 1 aromatic rings. The molecule has 0 aliphatic heterocycles. The fraction of sp³-hybridized carbons (Fsp3) is 0.500. The Morgan fingerprint density at radius 1 is 1.45 bits per heavy atom. The van der Waals surface area contributed by atoms with Crippen molar-refractivity contribution < 1.29 is 27.4 Å². The summed E-state index contributed by atoms with van der Waals surface area (Å²) < 4.78 is 44.5. The van der Waals surface area contributed by atoms with E-state index in [1.165, 1.54) is 13.2 Å². The van der Waals surface area contributed by atoms with Crippen LogP contribution in [0.15, 0.2) is 6.07 Å². The number of carbonyl (C=O) groups is 1. The van der Waals surface area contributed by atoms with Crippen molar-refractivity contribution in [1.82, 2.24) is 9.97 Å². The number of halogens is 4. The first-order valence-corrected chi connectivity index (χ1v) is 5.71. The Balaban J connectivity index is 2.41. The lowest BCUT2D eigenvalue weighted by Gasteiger charge is -2.08. The Morgan fingerprint density at radius 2 is 2.15 bits per heavy atom. The molecule has 1 heterocycles. The van der Waals surface area contributed by atoms with Crippen LogP contribution in [0.5, 0.6) is 5.88 Å². The van der Waals surface area contributed by atoms with Gasteiger partial charge in [0.2, 0.25) is 17.7 Å². The molecular weight excluding hydrogens is 303 g/mol. The van der Waals surface area contributed by atoms with Crippen LogP contribution in [-0.4, -0.2) is 42.4 Å². The maximum Gasteiger partial charge on any atom is 0.411 e. The molecule has 0 fully saturated rings. The molecule has 0 aliphatic carbocycles. The highest BCUT2D eigenvalue weighted by atomic mass is 35.5. The van der Waals surface area contributed by atoms with E-state index >= 15 is 0 Å². The fourth-order valence-electron chi connectivity index (χ4n) is 1.10. The molecule has 20 heavy (non-hydrogen) atoms. The topological polar surface area (TPSA) is 73.3 Å². The summed E-state index contributed by atoms with van der Waals surface area (Å²) in [6.07, 6.45) is -4.69. The highest BCUT2D eigenvalue weighted by molar-refractivity contribution is 6.29. The number of hydrogen-bond donors (Lipinski definition) is 1. The second-order valence-electron chi connectivity index (χ2n) is 3.52. The zero-order valence-corrected chi connectivity index (χ0v) is 11.1. The lowest BCUT2D eigenvalue weighted by molar-refractivity contribution is -0.174. The van der Waals surface area contributed by atoms with Gasteiger partial charge in [0.15, 0.2) is 0 Å². The van der Waals surface area contributed by atoms with Gasteiger partial charge in [-0.05, 0) is 0 Å². The largest absolute Gasteiger partial charge is 0.481 e. The van der Waals surface area contributed by atoms with Crippen molar-refractivity contribution in [3.05, 3.63) is 11.2 Å². The van der Waals surface area contributed by atoms with Crippen LogP contribution >= 0.6 is 11.6 Å². The maximum atomic E-state index is 11.8. The number of ether oxygens (including phenoxy) is 2. The van der Waals surface area contributed by atoms with Gasteiger partial charge in [-0.15, -0.1) is 0 Å². The molecule has 1 N–H and O–H groups in total. The first kappa shape index (κ1) is 16.4. The van der Waals surface area contributed by atoms with Gasteiger partial charge in [-0.2, -0.15) is 18.2 Å². The van der Waals surface area contributed by atoms with Crippen molar-refractivity contribution in [3.8, 4) is 5.88 Å². The van der Waals surface area contributed by atoms with E-state index in [4.69, 9.17) is 16.3 Å². The average molecular weight is 314 g/mol. The van der Waals surface area contributed by atoms with Gasteiger partial charge in [0.1, 0.15) is 11.8 Å². The minimum atomic E-state index is -4.42. The summed E-state index contributed by atoms with van der Waals surface area (Å²) in [5.41, 5.74) is 0. The molecule has 1 amide bonds.